The molecule has 0 radical (unpaired) electrons. The number of nitrogens with zero attached hydrogens (tertiary/aromatic N) is 2. The zero-order chi connectivity index (χ0) is 30.0. The highest BCUT2D eigenvalue weighted by Crippen LogP contribution is 2.43. The van der Waals surface area contributed by atoms with Gasteiger partial charge in [-0.1, -0.05) is 55.1 Å². The molecule has 220 valence electrons. The van der Waals surface area contributed by atoms with E-state index in [9.17, 15) is 31.9 Å². The fourth-order valence-corrected chi connectivity index (χ4v) is 5.44. The van der Waals surface area contributed by atoms with Gasteiger partial charge in [-0.05, 0) is 23.3 Å². The SMILES string of the molecule is CC1C(CSc2ncn[nH]2)OC(c2cccc(NC(=O)c3c(F)c(F)c(F)c(F)c3F)c2)OC1c1ccc(CO)cc1. The van der Waals surface area contributed by atoms with Gasteiger partial charge in [-0.2, -0.15) is 5.10 Å². The number of aliphatic hydroxyl groups excluding tert-OH is 1. The van der Waals surface area contributed by atoms with Crippen molar-refractivity contribution in [2.24, 2.45) is 5.92 Å². The van der Waals surface area contributed by atoms with Gasteiger partial charge in [-0.25, -0.2) is 26.9 Å². The Balaban J connectivity index is 1.41. The van der Waals surface area contributed by atoms with Gasteiger partial charge in [0.25, 0.3) is 5.91 Å². The van der Waals surface area contributed by atoms with E-state index in [2.05, 4.69) is 20.5 Å². The van der Waals surface area contributed by atoms with Crippen LogP contribution in [0.5, 0.6) is 0 Å². The van der Waals surface area contributed by atoms with Crippen molar-refractivity contribution in [1.82, 2.24) is 15.2 Å². The van der Waals surface area contributed by atoms with Crippen LogP contribution in [-0.4, -0.2) is 38.1 Å². The molecule has 0 bridgehead atoms. The topological polar surface area (TPSA) is 109 Å². The number of aromatic amines is 1. The van der Waals surface area contributed by atoms with Crippen LogP contribution in [0.1, 0.15) is 46.4 Å². The first kappa shape index (κ1) is 29.6. The number of amides is 1. The molecule has 1 amide bonds. The maximum Gasteiger partial charge on any atom is 0.261 e. The van der Waals surface area contributed by atoms with E-state index in [1.165, 1.54) is 36.3 Å². The first-order chi connectivity index (χ1) is 20.2. The predicted octanol–water partition coefficient (Wildman–Crippen LogP) is 5.83. The van der Waals surface area contributed by atoms with E-state index < -0.39 is 53.0 Å². The van der Waals surface area contributed by atoms with E-state index >= 15 is 0 Å². The van der Waals surface area contributed by atoms with Crippen LogP contribution in [-0.2, 0) is 16.1 Å². The molecule has 0 aliphatic carbocycles. The van der Waals surface area contributed by atoms with Crippen LogP contribution in [0, 0.1) is 35.0 Å². The van der Waals surface area contributed by atoms with Crippen LogP contribution in [0.2, 0.25) is 0 Å². The molecule has 0 spiro atoms. The van der Waals surface area contributed by atoms with E-state index in [1.807, 2.05) is 19.1 Å². The van der Waals surface area contributed by atoms with Crippen LogP contribution in [0.4, 0.5) is 27.6 Å². The first-order valence-corrected chi connectivity index (χ1v) is 13.6. The summed E-state index contributed by atoms with van der Waals surface area (Å²) in [5, 5.41) is 18.8. The fraction of sp³-hybridized carbons (Fsp3) is 0.250. The van der Waals surface area contributed by atoms with Crippen molar-refractivity contribution in [1.29, 1.82) is 0 Å². The summed E-state index contributed by atoms with van der Waals surface area (Å²) in [6, 6.07) is 13.2. The summed E-state index contributed by atoms with van der Waals surface area (Å²) >= 11 is 1.39. The quantitative estimate of drug-likeness (QED) is 0.100. The molecule has 4 aromatic rings. The van der Waals surface area contributed by atoms with E-state index in [-0.39, 0.29) is 24.3 Å². The minimum absolute atomic E-state index is 0.00342. The van der Waals surface area contributed by atoms with Crippen molar-refractivity contribution in [3.63, 3.8) is 0 Å². The highest BCUT2D eigenvalue weighted by Gasteiger charge is 2.38. The molecule has 8 nitrogen and oxygen atoms in total. The molecule has 0 saturated carbocycles. The average Bonchev–Trinajstić information content (AvgIpc) is 3.53. The Kier molecular flexibility index (Phi) is 8.87. The summed E-state index contributed by atoms with van der Waals surface area (Å²) in [6.07, 6.45) is -0.400. The van der Waals surface area contributed by atoms with Gasteiger partial charge in [-0.3, -0.25) is 9.89 Å². The number of anilines is 1. The molecule has 1 aliphatic heterocycles. The van der Waals surface area contributed by atoms with Crippen molar-refractivity contribution in [3.8, 4) is 0 Å². The van der Waals surface area contributed by atoms with Gasteiger partial charge in [0.05, 0.1) is 18.8 Å². The molecule has 5 rings (SSSR count). The van der Waals surface area contributed by atoms with Gasteiger partial charge >= 0.3 is 0 Å². The number of ether oxygens (including phenoxy) is 2. The number of hydrogen-bond donors (Lipinski definition) is 3. The Labute approximate surface area is 240 Å². The van der Waals surface area contributed by atoms with Crippen LogP contribution >= 0.6 is 11.8 Å². The number of aromatic nitrogens is 3. The Morgan fingerprint density at radius 3 is 2.31 bits per heavy atom. The average molecular weight is 607 g/mol. The van der Waals surface area contributed by atoms with Gasteiger partial charge in [0.1, 0.15) is 11.9 Å². The summed E-state index contributed by atoms with van der Waals surface area (Å²) in [7, 11) is 0. The number of thioether (sulfide) groups is 1. The van der Waals surface area contributed by atoms with Gasteiger partial charge < -0.3 is 19.9 Å². The molecule has 3 N–H and O–H groups in total. The standard InChI is InChI=1S/C28H23F5N4O4S/c1-13-18(11-42-28-34-12-35-37-28)40-27(41-25(13)15-7-5-14(10-38)6-8-15)16-3-2-4-17(9-16)36-26(39)19-20(29)22(31)24(33)23(32)21(19)30/h2-9,12-13,18,25,27,38H,10-11H2,1H3,(H,36,39)(H,34,35,37). The number of aliphatic hydroxyl groups is 1. The third-order valence-electron chi connectivity index (χ3n) is 6.75. The molecular weight excluding hydrogens is 583 g/mol. The molecule has 4 unspecified atom stereocenters. The van der Waals surface area contributed by atoms with Gasteiger partial charge in [0, 0.05) is 22.9 Å². The summed E-state index contributed by atoms with van der Waals surface area (Å²) in [5.74, 6) is -12.5. The monoisotopic (exact) mass is 606 g/mol. The smallest absolute Gasteiger partial charge is 0.261 e. The van der Waals surface area contributed by atoms with Crippen LogP contribution < -0.4 is 5.32 Å². The predicted molar refractivity (Wildman–Crippen MR) is 141 cm³/mol. The summed E-state index contributed by atoms with van der Waals surface area (Å²) < 4.78 is 81.7. The second kappa shape index (κ2) is 12.6. The van der Waals surface area contributed by atoms with Crippen molar-refractivity contribution in [2.45, 2.75) is 37.2 Å². The Bertz CT molecular complexity index is 1550. The van der Waals surface area contributed by atoms with Crippen molar-refractivity contribution in [3.05, 3.63) is 106 Å². The Morgan fingerprint density at radius 2 is 1.67 bits per heavy atom. The van der Waals surface area contributed by atoms with E-state index in [1.54, 1.807) is 18.2 Å². The largest absolute Gasteiger partial charge is 0.392 e. The van der Waals surface area contributed by atoms with Gasteiger partial charge in [0.2, 0.25) is 5.82 Å². The second-order valence-corrected chi connectivity index (χ2v) is 10.5. The van der Waals surface area contributed by atoms with Crippen molar-refractivity contribution < 1.29 is 41.3 Å². The van der Waals surface area contributed by atoms with Crippen LogP contribution in [0.3, 0.4) is 0 Å². The molecule has 42 heavy (non-hydrogen) atoms. The summed E-state index contributed by atoms with van der Waals surface area (Å²) in [4.78, 5) is 16.7. The lowest BCUT2D eigenvalue weighted by Gasteiger charge is -2.41. The maximum absolute atomic E-state index is 14.2. The number of H-pyrrole nitrogens is 1. The summed E-state index contributed by atoms with van der Waals surface area (Å²) in [5.41, 5.74) is 0.377. The van der Waals surface area contributed by atoms with Gasteiger partial charge in [0.15, 0.2) is 34.7 Å². The van der Waals surface area contributed by atoms with Gasteiger partial charge in [-0.15, -0.1) is 0 Å². The minimum atomic E-state index is -2.36. The Morgan fingerprint density at radius 1 is 0.976 bits per heavy atom. The normalized spacial score (nSPS) is 20.5. The Hall–Kier alpha value is -3.85. The molecule has 2 heterocycles. The van der Waals surface area contributed by atoms with E-state index in [0.29, 0.717) is 16.5 Å². The first-order valence-electron chi connectivity index (χ1n) is 12.6. The molecule has 1 fully saturated rings. The zero-order valence-corrected chi connectivity index (χ0v) is 22.6. The minimum Gasteiger partial charge on any atom is -0.392 e. The number of benzene rings is 3. The number of hydrogen-bond acceptors (Lipinski definition) is 7. The fourth-order valence-electron chi connectivity index (χ4n) is 4.50. The third kappa shape index (κ3) is 6.02. The van der Waals surface area contributed by atoms with E-state index in [4.69, 9.17) is 9.47 Å². The second-order valence-electron chi connectivity index (χ2n) is 9.45. The number of nitrogens with one attached hydrogen (secondary N) is 2. The highest BCUT2D eigenvalue weighted by molar-refractivity contribution is 7.99. The highest BCUT2D eigenvalue weighted by atomic mass is 32.2. The summed E-state index contributed by atoms with van der Waals surface area (Å²) in [6.45, 7) is 1.85. The molecule has 3 aromatic carbocycles. The molecule has 14 heteroatoms. The maximum atomic E-state index is 14.2. The van der Waals surface area contributed by atoms with Crippen molar-refractivity contribution in [2.75, 3.05) is 11.1 Å². The molecule has 1 aliphatic rings. The number of carbonyl (C=O) groups excluding carboxylic acids is 1. The number of halogens is 5. The lowest BCUT2D eigenvalue weighted by molar-refractivity contribution is -0.268. The molecule has 1 saturated heterocycles. The zero-order valence-electron chi connectivity index (χ0n) is 21.8. The lowest BCUT2D eigenvalue weighted by atomic mass is 9.91. The van der Waals surface area contributed by atoms with Crippen LogP contribution in [0.15, 0.2) is 60.0 Å². The van der Waals surface area contributed by atoms with E-state index in [0.717, 1.165) is 11.1 Å². The van der Waals surface area contributed by atoms with Crippen molar-refractivity contribution >= 4 is 23.4 Å². The molecular formula is C28H23F5N4O4S. The number of rotatable bonds is 8. The third-order valence-corrected chi connectivity index (χ3v) is 7.72. The lowest BCUT2D eigenvalue weighted by Crippen LogP contribution is -2.38. The molecule has 4 atom stereocenters. The molecule has 1 aromatic heterocycles. The number of carbonyl (C=O) groups is 1. The van der Waals surface area contributed by atoms with Crippen LogP contribution in [0.25, 0.3) is 0 Å².